The van der Waals surface area contributed by atoms with Gasteiger partial charge in [0.15, 0.2) is 11.6 Å². The number of ketones is 2. The van der Waals surface area contributed by atoms with Gasteiger partial charge in [0.2, 0.25) is 0 Å². The van der Waals surface area contributed by atoms with Crippen molar-refractivity contribution < 1.29 is 14.7 Å². The van der Waals surface area contributed by atoms with E-state index in [9.17, 15) is 14.7 Å². The molecule has 0 spiro atoms. The number of phenolic OH excluding ortho intramolecular Hbond substituents is 1. The summed E-state index contributed by atoms with van der Waals surface area (Å²) < 4.78 is 0. The van der Waals surface area contributed by atoms with E-state index in [-0.39, 0.29) is 17.3 Å². The molecule has 0 saturated heterocycles. The Morgan fingerprint density at radius 3 is 1.84 bits per heavy atom. The lowest BCUT2D eigenvalue weighted by Gasteiger charge is -2.30. The second kappa shape index (κ2) is 6.77. The predicted octanol–water partition coefficient (Wildman–Crippen LogP) is 3.94. The van der Waals surface area contributed by atoms with Gasteiger partial charge in [0.05, 0.1) is 0 Å². The van der Waals surface area contributed by atoms with Crippen LogP contribution in [0.25, 0.3) is 0 Å². The van der Waals surface area contributed by atoms with Crippen LogP contribution in [0, 0.1) is 0 Å². The van der Waals surface area contributed by atoms with Crippen molar-refractivity contribution >= 4 is 17.3 Å². The summed E-state index contributed by atoms with van der Waals surface area (Å²) in [4.78, 5) is 26.4. The highest BCUT2D eigenvalue weighted by molar-refractivity contribution is 6.03. The minimum absolute atomic E-state index is 0.0918. The molecule has 2 aromatic carbocycles. The molecule has 0 aliphatic carbocycles. The zero-order valence-corrected chi connectivity index (χ0v) is 14.1. The van der Waals surface area contributed by atoms with Crippen molar-refractivity contribution in [2.45, 2.75) is 19.8 Å². The number of anilines is 1. The molecule has 126 valence electrons. The highest BCUT2D eigenvalue weighted by atomic mass is 16.3. The first-order valence-corrected chi connectivity index (χ1v) is 8.05. The summed E-state index contributed by atoms with van der Waals surface area (Å²) in [6, 6.07) is 16.2. The fourth-order valence-corrected chi connectivity index (χ4v) is 3.02. The van der Waals surface area contributed by atoms with Gasteiger partial charge in [-0.15, -0.1) is 0 Å². The SMILES string of the molecule is CC(=O)C1=CN(c2ccccc2)C=C(C(C)=O)C1c1ccc(O)cc1. The van der Waals surface area contributed by atoms with E-state index in [4.69, 9.17) is 0 Å². The minimum Gasteiger partial charge on any atom is -0.508 e. The fourth-order valence-electron chi connectivity index (χ4n) is 3.02. The highest BCUT2D eigenvalue weighted by Gasteiger charge is 2.31. The minimum atomic E-state index is -0.435. The Morgan fingerprint density at radius 1 is 0.840 bits per heavy atom. The van der Waals surface area contributed by atoms with Gasteiger partial charge in [-0.1, -0.05) is 30.3 Å². The van der Waals surface area contributed by atoms with E-state index >= 15 is 0 Å². The smallest absolute Gasteiger partial charge is 0.158 e. The molecule has 1 heterocycles. The first kappa shape index (κ1) is 16.7. The van der Waals surface area contributed by atoms with Gasteiger partial charge in [0.25, 0.3) is 0 Å². The summed E-state index contributed by atoms with van der Waals surface area (Å²) in [5.74, 6) is -0.473. The predicted molar refractivity (Wildman–Crippen MR) is 97.3 cm³/mol. The summed E-state index contributed by atoms with van der Waals surface area (Å²) >= 11 is 0. The van der Waals surface area contributed by atoms with Crippen LogP contribution in [0.5, 0.6) is 5.75 Å². The molecule has 2 aromatic rings. The number of phenols is 1. The van der Waals surface area contributed by atoms with Crippen molar-refractivity contribution in [1.29, 1.82) is 0 Å². The molecule has 1 aliphatic rings. The molecular weight excluding hydrogens is 314 g/mol. The average molecular weight is 333 g/mol. The normalized spacial score (nSPS) is 14.7. The van der Waals surface area contributed by atoms with Gasteiger partial charge in [-0.05, 0) is 43.7 Å². The second-order valence-electron chi connectivity index (χ2n) is 6.05. The number of hydrogen-bond donors (Lipinski definition) is 1. The Morgan fingerprint density at radius 2 is 1.36 bits per heavy atom. The zero-order valence-electron chi connectivity index (χ0n) is 14.1. The molecule has 0 fully saturated rings. The lowest BCUT2D eigenvalue weighted by Crippen LogP contribution is -2.26. The maximum atomic E-state index is 12.3. The van der Waals surface area contributed by atoms with Gasteiger partial charge in [-0.2, -0.15) is 0 Å². The standard InChI is InChI=1S/C21H19NO3/c1-14(23)19-12-22(17-6-4-3-5-7-17)13-20(15(2)24)21(19)16-8-10-18(25)11-9-16/h3-13,21,25H,1-2H3. The Kier molecular flexibility index (Phi) is 4.52. The third-order valence-corrected chi connectivity index (χ3v) is 4.27. The van der Waals surface area contributed by atoms with Crippen LogP contribution in [-0.4, -0.2) is 16.7 Å². The molecule has 0 saturated carbocycles. The van der Waals surface area contributed by atoms with Crippen molar-refractivity contribution in [3.05, 3.63) is 83.7 Å². The molecule has 4 heteroatoms. The van der Waals surface area contributed by atoms with Gasteiger partial charge in [0, 0.05) is 35.2 Å². The summed E-state index contributed by atoms with van der Waals surface area (Å²) in [7, 11) is 0. The second-order valence-corrected chi connectivity index (χ2v) is 6.05. The lowest BCUT2D eigenvalue weighted by molar-refractivity contribution is -0.114. The third kappa shape index (κ3) is 3.38. The first-order valence-electron chi connectivity index (χ1n) is 8.05. The van der Waals surface area contributed by atoms with Crippen LogP contribution in [0.15, 0.2) is 78.1 Å². The van der Waals surface area contributed by atoms with E-state index in [1.807, 2.05) is 35.2 Å². The number of para-hydroxylation sites is 1. The molecular formula is C21H19NO3. The number of Topliss-reactive ketones (excluding diaryl/α,β-unsaturated/α-hetero) is 2. The Balaban J connectivity index is 2.14. The first-order chi connectivity index (χ1) is 12.0. The Labute approximate surface area is 146 Å². The van der Waals surface area contributed by atoms with Crippen LogP contribution < -0.4 is 4.90 Å². The summed E-state index contributed by atoms with van der Waals surface area (Å²) in [5.41, 5.74) is 2.77. The number of rotatable bonds is 4. The molecule has 0 amide bonds. The number of aromatic hydroxyl groups is 1. The van der Waals surface area contributed by atoms with E-state index < -0.39 is 5.92 Å². The van der Waals surface area contributed by atoms with Crippen molar-refractivity contribution in [3.63, 3.8) is 0 Å². The van der Waals surface area contributed by atoms with Crippen LogP contribution in [0.2, 0.25) is 0 Å². The number of hydrogen-bond acceptors (Lipinski definition) is 4. The Bertz CT molecular complexity index is 832. The highest BCUT2D eigenvalue weighted by Crippen LogP contribution is 2.38. The topological polar surface area (TPSA) is 57.6 Å². The van der Waals surface area contributed by atoms with E-state index in [0.717, 1.165) is 11.3 Å². The molecule has 1 N–H and O–H groups in total. The van der Waals surface area contributed by atoms with Crippen LogP contribution in [-0.2, 0) is 9.59 Å². The number of carbonyl (C=O) groups is 2. The molecule has 0 atom stereocenters. The third-order valence-electron chi connectivity index (χ3n) is 4.27. The van der Waals surface area contributed by atoms with E-state index in [2.05, 4.69) is 0 Å². The molecule has 0 radical (unpaired) electrons. The monoisotopic (exact) mass is 333 g/mol. The van der Waals surface area contributed by atoms with E-state index in [1.54, 1.807) is 36.7 Å². The average Bonchev–Trinajstić information content (AvgIpc) is 2.62. The van der Waals surface area contributed by atoms with Crippen molar-refractivity contribution in [1.82, 2.24) is 0 Å². The number of nitrogens with zero attached hydrogens (tertiary/aromatic N) is 1. The molecule has 25 heavy (non-hydrogen) atoms. The van der Waals surface area contributed by atoms with Crippen LogP contribution in [0.4, 0.5) is 5.69 Å². The van der Waals surface area contributed by atoms with Crippen LogP contribution in [0.1, 0.15) is 25.3 Å². The number of benzene rings is 2. The quantitative estimate of drug-likeness (QED) is 0.921. The molecule has 0 aromatic heterocycles. The van der Waals surface area contributed by atoms with Crippen molar-refractivity contribution in [2.24, 2.45) is 0 Å². The summed E-state index contributed by atoms with van der Waals surface area (Å²) in [5, 5.41) is 9.52. The van der Waals surface area contributed by atoms with Gasteiger partial charge >= 0.3 is 0 Å². The maximum Gasteiger partial charge on any atom is 0.158 e. The van der Waals surface area contributed by atoms with Crippen molar-refractivity contribution in [2.75, 3.05) is 4.90 Å². The van der Waals surface area contributed by atoms with Gasteiger partial charge in [-0.3, -0.25) is 9.59 Å². The van der Waals surface area contributed by atoms with Gasteiger partial charge in [-0.25, -0.2) is 0 Å². The number of carbonyl (C=O) groups excluding carboxylic acids is 2. The molecule has 0 unspecified atom stereocenters. The molecule has 4 nitrogen and oxygen atoms in total. The van der Waals surface area contributed by atoms with Crippen molar-refractivity contribution in [3.8, 4) is 5.75 Å². The molecule has 0 bridgehead atoms. The molecule has 1 aliphatic heterocycles. The van der Waals surface area contributed by atoms with Gasteiger partial charge in [0.1, 0.15) is 5.75 Å². The number of allylic oxidation sites excluding steroid dienone is 2. The summed E-state index contributed by atoms with van der Waals surface area (Å²) in [6.07, 6.45) is 3.56. The Hall–Kier alpha value is -3.14. The largest absolute Gasteiger partial charge is 0.508 e. The zero-order chi connectivity index (χ0) is 18.0. The maximum absolute atomic E-state index is 12.3. The molecule has 3 rings (SSSR count). The van der Waals surface area contributed by atoms with Gasteiger partial charge < -0.3 is 10.0 Å². The summed E-state index contributed by atoms with van der Waals surface area (Å²) in [6.45, 7) is 3.01. The van der Waals surface area contributed by atoms with Crippen LogP contribution in [0.3, 0.4) is 0 Å². The van der Waals surface area contributed by atoms with E-state index in [1.165, 1.54) is 13.8 Å². The van der Waals surface area contributed by atoms with Crippen LogP contribution >= 0.6 is 0 Å². The van der Waals surface area contributed by atoms with E-state index in [0.29, 0.717) is 11.1 Å². The fraction of sp³-hybridized carbons (Fsp3) is 0.143. The lowest BCUT2D eigenvalue weighted by atomic mass is 9.80.